The van der Waals surface area contributed by atoms with Gasteiger partial charge in [0.1, 0.15) is 0 Å². The summed E-state index contributed by atoms with van der Waals surface area (Å²) in [5.41, 5.74) is 3.20. The third-order valence-corrected chi connectivity index (χ3v) is 5.53. The highest BCUT2D eigenvalue weighted by molar-refractivity contribution is 5.90. The fourth-order valence-electron chi connectivity index (χ4n) is 3.91. The number of hydrogen-bond donors (Lipinski definition) is 1. The third kappa shape index (κ3) is 5.26. The van der Waals surface area contributed by atoms with E-state index in [4.69, 9.17) is 14.2 Å². The Balaban J connectivity index is 1.32. The summed E-state index contributed by atoms with van der Waals surface area (Å²) in [6.07, 6.45) is 5.84. The molecule has 1 N–H and O–H groups in total. The van der Waals surface area contributed by atoms with Crippen LogP contribution in [-0.2, 0) is 20.7 Å². The first-order valence-electron chi connectivity index (χ1n) is 10.8. The smallest absolute Gasteiger partial charge is 0.331 e. The molecule has 6 nitrogen and oxygen atoms in total. The number of nitrogens with one attached hydrogen (secondary N) is 1. The molecule has 4 rings (SSSR count). The zero-order chi connectivity index (χ0) is 21.6. The van der Waals surface area contributed by atoms with Gasteiger partial charge in [0, 0.05) is 12.5 Å². The van der Waals surface area contributed by atoms with Crippen LogP contribution in [0.15, 0.2) is 48.5 Å². The number of hydrogen-bond acceptors (Lipinski definition) is 5. The van der Waals surface area contributed by atoms with E-state index in [1.54, 1.807) is 13.0 Å². The predicted octanol–water partition coefficient (Wildman–Crippen LogP) is 3.99. The molecule has 0 unspecified atom stereocenters. The summed E-state index contributed by atoms with van der Waals surface area (Å²) < 4.78 is 16.6. The molecule has 2 aromatic rings. The van der Waals surface area contributed by atoms with Crippen molar-refractivity contribution < 1.29 is 23.8 Å². The van der Waals surface area contributed by atoms with Crippen LogP contribution in [0.3, 0.4) is 0 Å². The van der Waals surface area contributed by atoms with Crippen LogP contribution in [0.5, 0.6) is 11.5 Å². The molecule has 1 heterocycles. The van der Waals surface area contributed by atoms with Gasteiger partial charge in [0.2, 0.25) is 0 Å². The van der Waals surface area contributed by atoms with Crippen molar-refractivity contribution in [3.05, 3.63) is 65.2 Å². The van der Waals surface area contributed by atoms with Gasteiger partial charge in [0.25, 0.3) is 5.91 Å². The Hall–Kier alpha value is -3.28. The first kappa shape index (κ1) is 21.0. The van der Waals surface area contributed by atoms with Crippen LogP contribution in [-0.4, -0.2) is 31.2 Å². The standard InChI is InChI=1S/C25H27NO5/c1-17(25(28)26-21-9-4-7-19-6-2-3-8-20(19)21)31-24(27)13-11-18-10-12-22-23(16-18)30-15-5-14-29-22/h2-3,6,8,10-13,16-17,21H,4-5,7,9,14-15H2,1H3,(H,26,28)/b13-11+/t17-,21+/m1/s1. The van der Waals surface area contributed by atoms with E-state index in [1.807, 2.05) is 36.4 Å². The molecule has 0 saturated carbocycles. The van der Waals surface area contributed by atoms with E-state index in [0.717, 1.165) is 36.8 Å². The number of carbonyl (C=O) groups excluding carboxylic acids is 2. The number of ether oxygens (including phenoxy) is 3. The minimum absolute atomic E-state index is 0.0454. The first-order chi connectivity index (χ1) is 15.1. The Morgan fingerprint density at radius 2 is 1.90 bits per heavy atom. The molecule has 0 fully saturated rings. The van der Waals surface area contributed by atoms with E-state index < -0.39 is 12.1 Å². The second kappa shape index (κ2) is 9.69. The molecule has 1 aliphatic carbocycles. The van der Waals surface area contributed by atoms with Crippen molar-refractivity contribution in [3.63, 3.8) is 0 Å². The molecule has 0 spiro atoms. The lowest BCUT2D eigenvalue weighted by atomic mass is 9.87. The summed E-state index contributed by atoms with van der Waals surface area (Å²) in [5, 5.41) is 3.02. The highest BCUT2D eigenvalue weighted by Crippen LogP contribution is 2.31. The topological polar surface area (TPSA) is 73.9 Å². The van der Waals surface area contributed by atoms with Crippen LogP contribution in [0.25, 0.3) is 6.08 Å². The molecule has 2 aromatic carbocycles. The Bertz CT molecular complexity index is 984. The molecular weight excluding hydrogens is 394 g/mol. The molecule has 1 aliphatic heterocycles. The lowest BCUT2D eigenvalue weighted by molar-refractivity contribution is -0.150. The number of rotatable bonds is 5. The van der Waals surface area contributed by atoms with Gasteiger partial charge in [0.05, 0.1) is 19.3 Å². The second-order valence-corrected chi connectivity index (χ2v) is 7.82. The number of carbonyl (C=O) groups is 2. The molecule has 0 radical (unpaired) electrons. The van der Waals surface area contributed by atoms with Crippen molar-refractivity contribution >= 4 is 18.0 Å². The van der Waals surface area contributed by atoms with Gasteiger partial charge in [-0.3, -0.25) is 4.79 Å². The summed E-state index contributed by atoms with van der Waals surface area (Å²) in [4.78, 5) is 24.8. The number of aryl methyl sites for hydroxylation is 1. The zero-order valence-corrected chi connectivity index (χ0v) is 17.6. The summed E-state index contributed by atoms with van der Waals surface area (Å²) in [5.74, 6) is 0.498. The number of fused-ring (bicyclic) bond motifs is 2. The van der Waals surface area contributed by atoms with Crippen LogP contribution < -0.4 is 14.8 Å². The van der Waals surface area contributed by atoms with E-state index >= 15 is 0 Å². The number of benzene rings is 2. The highest BCUT2D eigenvalue weighted by atomic mass is 16.5. The maximum Gasteiger partial charge on any atom is 0.331 e. The van der Waals surface area contributed by atoms with E-state index in [1.165, 1.54) is 11.6 Å². The van der Waals surface area contributed by atoms with Crippen LogP contribution >= 0.6 is 0 Å². The Labute approximate surface area is 182 Å². The lowest BCUT2D eigenvalue weighted by Gasteiger charge is -2.27. The first-order valence-corrected chi connectivity index (χ1v) is 10.8. The minimum Gasteiger partial charge on any atom is -0.490 e. The van der Waals surface area contributed by atoms with Crippen molar-refractivity contribution in [2.75, 3.05) is 13.2 Å². The summed E-state index contributed by atoms with van der Waals surface area (Å²) in [6.45, 7) is 2.81. The predicted molar refractivity (Wildman–Crippen MR) is 117 cm³/mol. The maximum absolute atomic E-state index is 12.6. The summed E-state index contributed by atoms with van der Waals surface area (Å²) in [7, 11) is 0. The molecule has 6 heteroatoms. The average Bonchev–Trinajstić information content (AvgIpc) is 3.03. The van der Waals surface area contributed by atoms with Crippen molar-refractivity contribution in [3.8, 4) is 11.5 Å². The highest BCUT2D eigenvalue weighted by Gasteiger charge is 2.25. The number of esters is 1. The van der Waals surface area contributed by atoms with E-state index in [2.05, 4.69) is 11.4 Å². The van der Waals surface area contributed by atoms with Gasteiger partial charge in [-0.1, -0.05) is 30.3 Å². The minimum atomic E-state index is -0.880. The molecule has 162 valence electrons. The van der Waals surface area contributed by atoms with Crippen molar-refractivity contribution in [1.82, 2.24) is 5.32 Å². The largest absolute Gasteiger partial charge is 0.490 e. The summed E-state index contributed by atoms with van der Waals surface area (Å²) in [6, 6.07) is 13.6. The van der Waals surface area contributed by atoms with Crippen LogP contribution in [0, 0.1) is 0 Å². The molecule has 2 aliphatic rings. The van der Waals surface area contributed by atoms with Crippen molar-refractivity contribution in [1.29, 1.82) is 0 Å². The van der Waals surface area contributed by atoms with E-state index in [-0.39, 0.29) is 11.9 Å². The Morgan fingerprint density at radius 3 is 2.77 bits per heavy atom. The number of amides is 1. The van der Waals surface area contributed by atoms with Gasteiger partial charge < -0.3 is 19.5 Å². The van der Waals surface area contributed by atoms with Crippen LogP contribution in [0.1, 0.15) is 48.9 Å². The zero-order valence-electron chi connectivity index (χ0n) is 17.6. The van der Waals surface area contributed by atoms with Crippen LogP contribution in [0.4, 0.5) is 0 Å². The molecule has 0 aromatic heterocycles. The Kier molecular flexibility index (Phi) is 6.55. The van der Waals surface area contributed by atoms with Crippen molar-refractivity contribution in [2.24, 2.45) is 0 Å². The molecule has 31 heavy (non-hydrogen) atoms. The molecule has 0 saturated heterocycles. The lowest BCUT2D eigenvalue weighted by Crippen LogP contribution is -2.39. The average molecular weight is 421 g/mol. The van der Waals surface area contributed by atoms with Crippen LogP contribution in [0.2, 0.25) is 0 Å². The van der Waals surface area contributed by atoms with Gasteiger partial charge in [-0.2, -0.15) is 0 Å². The molecule has 2 atom stereocenters. The van der Waals surface area contributed by atoms with E-state index in [0.29, 0.717) is 24.7 Å². The van der Waals surface area contributed by atoms with Crippen molar-refractivity contribution in [2.45, 2.75) is 44.8 Å². The quantitative estimate of drug-likeness (QED) is 0.584. The fraction of sp³-hybridized carbons (Fsp3) is 0.360. The van der Waals surface area contributed by atoms with Gasteiger partial charge in [-0.25, -0.2) is 4.79 Å². The Morgan fingerprint density at radius 1 is 1.10 bits per heavy atom. The second-order valence-electron chi connectivity index (χ2n) is 7.82. The normalized spacial score (nSPS) is 18.5. The molecule has 0 bridgehead atoms. The molecular formula is C25H27NO5. The van der Waals surface area contributed by atoms with Gasteiger partial charge >= 0.3 is 5.97 Å². The van der Waals surface area contributed by atoms with E-state index in [9.17, 15) is 9.59 Å². The maximum atomic E-state index is 12.6. The van der Waals surface area contributed by atoms with Gasteiger partial charge in [-0.15, -0.1) is 0 Å². The molecule has 1 amide bonds. The summed E-state index contributed by atoms with van der Waals surface area (Å²) >= 11 is 0. The van der Waals surface area contributed by atoms with Gasteiger partial charge in [-0.05, 0) is 61.1 Å². The fourth-order valence-corrected chi connectivity index (χ4v) is 3.91. The monoisotopic (exact) mass is 421 g/mol. The third-order valence-electron chi connectivity index (χ3n) is 5.53. The van der Waals surface area contributed by atoms with Gasteiger partial charge in [0.15, 0.2) is 17.6 Å². The SMILES string of the molecule is C[C@@H](OC(=O)/C=C/c1ccc2c(c1)OCCCO2)C(=O)N[C@H]1CCCc2ccccc21.